The van der Waals surface area contributed by atoms with Crippen molar-refractivity contribution in [2.75, 3.05) is 4.90 Å². The molecule has 0 atom stereocenters. The van der Waals surface area contributed by atoms with E-state index in [1.807, 2.05) is 44.4 Å². The zero-order valence-corrected chi connectivity index (χ0v) is 17.0. The summed E-state index contributed by atoms with van der Waals surface area (Å²) in [6, 6.07) is 10.0. The van der Waals surface area contributed by atoms with Gasteiger partial charge in [0.1, 0.15) is 6.61 Å². The molecule has 2 heterocycles. The Kier molecular flexibility index (Phi) is 4.76. The molecule has 0 bridgehead atoms. The van der Waals surface area contributed by atoms with Gasteiger partial charge in [-0.15, -0.1) is 11.3 Å². The maximum Gasteiger partial charge on any atom is 0.338 e. The Balaban J connectivity index is 1.59. The molecule has 6 nitrogen and oxygen atoms in total. The number of hydrogen-bond acceptors (Lipinski definition) is 6. The van der Waals surface area contributed by atoms with Crippen molar-refractivity contribution in [2.24, 2.45) is 0 Å². The summed E-state index contributed by atoms with van der Waals surface area (Å²) in [5.41, 5.74) is 3.71. The summed E-state index contributed by atoms with van der Waals surface area (Å²) >= 11 is 1.48. The third-order valence-electron chi connectivity index (χ3n) is 4.75. The summed E-state index contributed by atoms with van der Waals surface area (Å²) in [7, 11) is 0. The summed E-state index contributed by atoms with van der Waals surface area (Å²) < 4.78 is 5.29. The topological polar surface area (TPSA) is 76.6 Å². The number of ether oxygens (including phenoxy) is 1. The maximum atomic E-state index is 13.0. The molecule has 1 aliphatic heterocycles. The fourth-order valence-electron chi connectivity index (χ4n) is 3.24. The Bertz CT molecular complexity index is 1170. The van der Waals surface area contributed by atoms with E-state index in [0.29, 0.717) is 11.4 Å². The van der Waals surface area contributed by atoms with Crippen LogP contribution < -0.4 is 4.90 Å². The number of aromatic nitrogens is 1. The fraction of sp³-hybridized carbons (Fsp3) is 0.182. The molecule has 7 heteroatoms. The molecule has 4 rings (SSSR count). The van der Waals surface area contributed by atoms with Gasteiger partial charge in [0.15, 0.2) is 0 Å². The smallest absolute Gasteiger partial charge is 0.338 e. The van der Waals surface area contributed by atoms with Gasteiger partial charge in [0.2, 0.25) is 0 Å². The Hall–Kier alpha value is -3.32. The summed E-state index contributed by atoms with van der Waals surface area (Å²) in [6.45, 7) is 5.68. The second-order valence-electron chi connectivity index (χ2n) is 6.93. The van der Waals surface area contributed by atoms with Crippen LogP contribution in [0.3, 0.4) is 0 Å². The van der Waals surface area contributed by atoms with Crippen LogP contribution in [0.25, 0.3) is 0 Å². The molecule has 2 aromatic carbocycles. The molecule has 2 amide bonds. The van der Waals surface area contributed by atoms with Gasteiger partial charge in [-0.05, 0) is 56.2 Å². The predicted octanol–water partition coefficient (Wildman–Crippen LogP) is 4.23. The summed E-state index contributed by atoms with van der Waals surface area (Å²) in [5, 5.41) is 2.72. The lowest BCUT2D eigenvalue weighted by Crippen LogP contribution is -2.30. The van der Waals surface area contributed by atoms with Crippen LogP contribution in [0.1, 0.15) is 52.9 Å². The molecule has 3 aromatic rings. The number of nitrogens with zero attached hydrogens (tertiary/aromatic N) is 2. The lowest BCUT2D eigenvalue weighted by atomic mass is 10.1. The van der Waals surface area contributed by atoms with Gasteiger partial charge in [0.25, 0.3) is 11.8 Å². The Morgan fingerprint density at radius 2 is 1.79 bits per heavy atom. The maximum absolute atomic E-state index is 13.0. The minimum Gasteiger partial charge on any atom is -0.456 e. The van der Waals surface area contributed by atoms with Crippen LogP contribution in [0.2, 0.25) is 0 Å². The van der Waals surface area contributed by atoms with Crippen molar-refractivity contribution in [1.29, 1.82) is 0 Å². The first-order valence-corrected chi connectivity index (χ1v) is 9.91. The van der Waals surface area contributed by atoms with Gasteiger partial charge in [-0.25, -0.2) is 14.7 Å². The fourth-order valence-corrected chi connectivity index (χ4v) is 3.84. The molecule has 29 heavy (non-hydrogen) atoms. The molecule has 0 spiro atoms. The lowest BCUT2D eigenvalue weighted by molar-refractivity contribution is 0.0468. The van der Waals surface area contributed by atoms with Crippen molar-refractivity contribution >= 4 is 34.8 Å². The van der Waals surface area contributed by atoms with Crippen LogP contribution in [0, 0.1) is 20.8 Å². The van der Waals surface area contributed by atoms with E-state index in [-0.39, 0.29) is 23.3 Å². The number of anilines is 1. The SMILES string of the molecule is Cc1ccc(C)c(N2C(=O)c3ccc(C(=O)OCc4csc(C)n4)cc3C2=O)c1. The first-order chi connectivity index (χ1) is 13.8. The van der Waals surface area contributed by atoms with Crippen LogP contribution in [0.5, 0.6) is 0 Å². The molecule has 0 saturated carbocycles. The highest BCUT2D eigenvalue weighted by molar-refractivity contribution is 7.09. The van der Waals surface area contributed by atoms with E-state index in [4.69, 9.17) is 4.74 Å². The predicted molar refractivity (Wildman–Crippen MR) is 109 cm³/mol. The first kappa shape index (κ1) is 19.0. The molecule has 0 unspecified atom stereocenters. The third kappa shape index (κ3) is 3.45. The molecular weight excluding hydrogens is 388 g/mol. The van der Waals surface area contributed by atoms with Gasteiger partial charge < -0.3 is 4.74 Å². The lowest BCUT2D eigenvalue weighted by Gasteiger charge is -2.17. The number of aryl methyl sites for hydroxylation is 3. The van der Waals surface area contributed by atoms with E-state index >= 15 is 0 Å². The molecule has 1 aliphatic rings. The minimum atomic E-state index is -0.566. The number of carbonyl (C=O) groups is 3. The monoisotopic (exact) mass is 406 g/mol. The van der Waals surface area contributed by atoms with E-state index in [1.54, 1.807) is 0 Å². The van der Waals surface area contributed by atoms with E-state index in [2.05, 4.69) is 4.98 Å². The second kappa shape index (κ2) is 7.25. The molecule has 0 fully saturated rings. The molecule has 0 radical (unpaired) electrons. The zero-order chi connectivity index (χ0) is 20.7. The van der Waals surface area contributed by atoms with Gasteiger partial charge in [0, 0.05) is 5.38 Å². The van der Waals surface area contributed by atoms with E-state index < -0.39 is 17.8 Å². The number of imide groups is 1. The zero-order valence-electron chi connectivity index (χ0n) is 16.2. The number of rotatable bonds is 4. The highest BCUT2D eigenvalue weighted by atomic mass is 32.1. The second-order valence-corrected chi connectivity index (χ2v) is 7.99. The van der Waals surface area contributed by atoms with Crippen molar-refractivity contribution in [3.8, 4) is 0 Å². The highest BCUT2D eigenvalue weighted by Gasteiger charge is 2.38. The number of thiazole rings is 1. The Morgan fingerprint density at radius 1 is 1.03 bits per heavy atom. The summed E-state index contributed by atoms with van der Waals surface area (Å²) in [5.74, 6) is -1.40. The van der Waals surface area contributed by atoms with Crippen molar-refractivity contribution in [1.82, 2.24) is 4.98 Å². The van der Waals surface area contributed by atoms with Crippen LogP contribution >= 0.6 is 11.3 Å². The van der Waals surface area contributed by atoms with E-state index in [0.717, 1.165) is 16.1 Å². The number of carbonyl (C=O) groups excluding carboxylic acids is 3. The standard InChI is InChI=1S/C22H18N2O4S/c1-12-4-5-13(2)19(8-12)24-20(25)17-7-6-15(9-18(17)21(24)26)22(27)28-10-16-11-29-14(3)23-16/h4-9,11H,10H2,1-3H3. The first-order valence-electron chi connectivity index (χ1n) is 9.03. The van der Waals surface area contributed by atoms with Gasteiger partial charge in [-0.3, -0.25) is 9.59 Å². The molecule has 1 aromatic heterocycles. The van der Waals surface area contributed by atoms with E-state index in [9.17, 15) is 14.4 Å². The normalized spacial score (nSPS) is 13.0. The summed E-state index contributed by atoms with van der Waals surface area (Å²) in [4.78, 5) is 43.6. The van der Waals surface area contributed by atoms with E-state index in [1.165, 1.54) is 34.4 Å². The molecular formula is C22H18N2O4S. The van der Waals surface area contributed by atoms with Gasteiger partial charge >= 0.3 is 5.97 Å². The van der Waals surface area contributed by atoms with Crippen molar-refractivity contribution in [3.05, 3.63) is 80.3 Å². The number of esters is 1. The van der Waals surface area contributed by atoms with Crippen molar-refractivity contribution < 1.29 is 19.1 Å². The average molecular weight is 406 g/mol. The number of hydrogen-bond donors (Lipinski definition) is 0. The van der Waals surface area contributed by atoms with Crippen molar-refractivity contribution in [2.45, 2.75) is 27.4 Å². The number of amides is 2. The Morgan fingerprint density at radius 3 is 2.52 bits per heavy atom. The average Bonchev–Trinajstić information content (AvgIpc) is 3.23. The van der Waals surface area contributed by atoms with Gasteiger partial charge in [-0.1, -0.05) is 12.1 Å². The molecule has 0 saturated heterocycles. The van der Waals surface area contributed by atoms with Crippen LogP contribution in [0.15, 0.2) is 41.8 Å². The third-order valence-corrected chi connectivity index (χ3v) is 5.57. The minimum absolute atomic E-state index is 0.0573. The molecule has 146 valence electrons. The quantitative estimate of drug-likeness (QED) is 0.479. The van der Waals surface area contributed by atoms with Gasteiger partial charge in [-0.2, -0.15) is 0 Å². The number of benzene rings is 2. The van der Waals surface area contributed by atoms with Crippen LogP contribution in [-0.4, -0.2) is 22.8 Å². The van der Waals surface area contributed by atoms with Gasteiger partial charge in [0.05, 0.1) is 33.1 Å². The largest absolute Gasteiger partial charge is 0.456 e. The molecule has 0 aliphatic carbocycles. The summed E-state index contributed by atoms with van der Waals surface area (Å²) in [6.07, 6.45) is 0. The van der Waals surface area contributed by atoms with Crippen LogP contribution in [0.4, 0.5) is 5.69 Å². The van der Waals surface area contributed by atoms with Crippen LogP contribution in [-0.2, 0) is 11.3 Å². The number of fused-ring (bicyclic) bond motifs is 1. The molecule has 0 N–H and O–H groups in total. The Labute approximate surface area is 171 Å². The van der Waals surface area contributed by atoms with Crippen molar-refractivity contribution in [3.63, 3.8) is 0 Å². The highest BCUT2D eigenvalue weighted by Crippen LogP contribution is 2.32.